The molecule has 1 aromatic rings. The number of ether oxygens (including phenoxy) is 2. The van der Waals surface area contributed by atoms with Crippen molar-refractivity contribution in [2.45, 2.75) is 32.4 Å². The van der Waals surface area contributed by atoms with Crippen LogP contribution in [0.15, 0.2) is 18.2 Å². The molecule has 1 saturated heterocycles. The van der Waals surface area contributed by atoms with Crippen molar-refractivity contribution in [2.75, 3.05) is 20.8 Å². The van der Waals surface area contributed by atoms with Gasteiger partial charge in [-0.1, -0.05) is 6.07 Å². The van der Waals surface area contributed by atoms with E-state index in [9.17, 15) is 4.79 Å². The van der Waals surface area contributed by atoms with Gasteiger partial charge in [-0.15, -0.1) is 0 Å². The molecule has 1 aliphatic heterocycles. The van der Waals surface area contributed by atoms with Gasteiger partial charge in [-0.3, -0.25) is 9.69 Å². The van der Waals surface area contributed by atoms with Crippen molar-refractivity contribution in [1.82, 2.24) is 4.90 Å². The molecule has 4 nitrogen and oxygen atoms in total. The van der Waals surface area contributed by atoms with Crippen molar-refractivity contribution < 1.29 is 14.3 Å². The molecule has 0 aliphatic carbocycles. The zero-order valence-electron chi connectivity index (χ0n) is 12.0. The molecule has 0 radical (unpaired) electrons. The lowest BCUT2D eigenvalue weighted by molar-refractivity contribution is -0.117. The first kappa shape index (κ1) is 13.9. The minimum atomic E-state index is -0.0652. The Kier molecular flexibility index (Phi) is 3.80. The third kappa shape index (κ3) is 2.89. The summed E-state index contributed by atoms with van der Waals surface area (Å²) in [5, 5.41) is 0. The smallest absolute Gasteiger partial charge is 0.161 e. The van der Waals surface area contributed by atoms with E-state index >= 15 is 0 Å². The summed E-state index contributed by atoms with van der Waals surface area (Å²) >= 11 is 0. The fourth-order valence-electron chi connectivity index (χ4n) is 2.55. The molecule has 0 aromatic heterocycles. The Morgan fingerprint density at radius 1 is 1.21 bits per heavy atom. The molecule has 0 N–H and O–H groups in total. The highest BCUT2D eigenvalue weighted by atomic mass is 16.5. The minimum Gasteiger partial charge on any atom is -0.493 e. The van der Waals surface area contributed by atoms with Crippen molar-refractivity contribution in [2.24, 2.45) is 0 Å². The summed E-state index contributed by atoms with van der Waals surface area (Å²) in [6.45, 7) is 5.50. The summed E-state index contributed by atoms with van der Waals surface area (Å²) in [5.41, 5.74) is 1.06. The maximum atomic E-state index is 11.6. The Labute approximate surface area is 114 Å². The standard InChI is InChI=1S/C15H21NO3/c1-15(2)8-12(17)10-16(15)9-11-5-6-13(18-3)14(7-11)19-4/h5-7H,8-10H2,1-4H3. The second-order valence-electron chi connectivity index (χ2n) is 5.57. The quantitative estimate of drug-likeness (QED) is 0.835. The van der Waals surface area contributed by atoms with Gasteiger partial charge in [-0.25, -0.2) is 0 Å². The van der Waals surface area contributed by atoms with E-state index in [1.165, 1.54) is 0 Å². The van der Waals surface area contributed by atoms with Crippen LogP contribution in [-0.4, -0.2) is 37.0 Å². The van der Waals surface area contributed by atoms with E-state index in [1.807, 2.05) is 18.2 Å². The SMILES string of the molecule is COc1ccc(CN2CC(=O)CC2(C)C)cc1OC. The molecule has 0 atom stereocenters. The molecule has 19 heavy (non-hydrogen) atoms. The Morgan fingerprint density at radius 2 is 1.89 bits per heavy atom. The number of benzene rings is 1. The molecule has 1 aliphatic rings. The third-order valence-electron chi connectivity index (χ3n) is 3.67. The molecule has 0 bridgehead atoms. The number of likely N-dealkylation sites (tertiary alicyclic amines) is 1. The summed E-state index contributed by atoms with van der Waals surface area (Å²) in [7, 11) is 3.25. The van der Waals surface area contributed by atoms with Crippen LogP contribution in [0.2, 0.25) is 0 Å². The van der Waals surface area contributed by atoms with Gasteiger partial charge in [0.1, 0.15) is 5.78 Å². The van der Waals surface area contributed by atoms with E-state index in [0.29, 0.717) is 18.7 Å². The van der Waals surface area contributed by atoms with Crippen molar-refractivity contribution in [3.8, 4) is 11.5 Å². The largest absolute Gasteiger partial charge is 0.493 e. The zero-order chi connectivity index (χ0) is 14.0. The van der Waals surface area contributed by atoms with Crippen molar-refractivity contribution in [3.05, 3.63) is 23.8 Å². The monoisotopic (exact) mass is 263 g/mol. The van der Waals surface area contributed by atoms with Crippen LogP contribution >= 0.6 is 0 Å². The molecule has 4 heteroatoms. The van der Waals surface area contributed by atoms with Crippen LogP contribution in [-0.2, 0) is 11.3 Å². The first-order valence-corrected chi connectivity index (χ1v) is 6.44. The van der Waals surface area contributed by atoms with Gasteiger partial charge in [-0.05, 0) is 31.5 Å². The number of hydrogen-bond donors (Lipinski definition) is 0. The topological polar surface area (TPSA) is 38.8 Å². The predicted molar refractivity (Wildman–Crippen MR) is 73.7 cm³/mol. The number of ketones is 1. The van der Waals surface area contributed by atoms with Crippen LogP contribution in [0.4, 0.5) is 0 Å². The molecule has 0 amide bonds. The van der Waals surface area contributed by atoms with Gasteiger partial charge in [0.05, 0.1) is 20.8 Å². The molecule has 0 saturated carbocycles. The van der Waals surface area contributed by atoms with Gasteiger partial charge in [-0.2, -0.15) is 0 Å². The third-order valence-corrected chi connectivity index (χ3v) is 3.67. The van der Waals surface area contributed by atoms with E-state index in [2.05, 4.69) is 18.7 Å². The van der Waals surface area contributed by atoms with E-state index in [4.69, 9.17) is 9.47 Å². The molecule has 104 valence electrons. The van der Waals surface area contributed by atoms with Gasteiger partial charge >= 0.3 is 0 Å². The fraction of sp³-hybridized carbons (Fsp3) is 0.533. The average Bonchev–Trinajstić information content (AvgIpc) is 2.62. The van der Waals surface area contributed by atoms with Crippen LogP contribution < -0.4 is 9.47 Å². The van der Waals surface area contributed by atoms with Gasteiger partial charge in [0.2, 0.25) is 0 Å². The lowest BCUT2D eigenvalue weighted by atomic mass is 10.0. The summed E-state index contributed by atoms with van der Waals surface area (Å²) in [6.07, 6.45) is 0.625. The molecule has 0 unspecified atom stereocenters. The van der Waals surface area contributed by atoms with Gasteiger partial charge < -0.3 is 9.47 Å². The van der Waals surface area contributed by atoms with Crippen molar-refractivity contribution in [3.63, 3.8) is 0 Å². The first-order valence-electron chi connectivity index (χ1n) is 6.44. The maximum Gasteiger partial charge on any atom is 0.161 e. The van der Waals surface area contributed by atoms with Crippen LogP contribution in [0.3, 0.4) is 0 Å². The number of rotatable bonds is 4. The van der Waals surface area contributed by atoms with Crippen LogP contribution in [0.25, 0.3) is 0 Å². The lowest BCUT2D eigenvalue weighted by Gasteiger charge is -2.30. The fourth-order valence-corrected chi connectivity index (χ4v) is 2.55. The number of methoxy groups -OCH3 is 2. The number of carbonyl (C=O) groups excluding carboxylic acids is 1. The highest BCUT2D eigenvalue weighted by Crippen LogP contribution is 2.31. The second-order valence-corrected chi connectivity index (χ2v) is 5.57. The number of hydrogen-bond acceptors (Lipinski definition) is 4. The Hall–Kier alpha value is -1.55. The number of carbonyl (C=O) groups is 1. The van der Waals surface area contributed by atoms with E-state index in [1.54, 1.807) is 14.2 Å². The van der Waals surface area contributed by atoms with Crippen molar-refractivity contribution >= 4 is 5.78 Å². The van der Waals surface area contributed by atoms with Crippen LogP contribution in [0, 0.1) is 0 Å². The van der Waals surface area contributed by atoms with E-state index in [0.717, 1.165) is 23.6 Å². The molecule has 1 aromatic carbocycles. The maximum absolute atomic E-state index is 11.6. The van der Waals surface area contributed by atoms with Gasteiger partial charge in [0, 0.05) is 18.5 Å². The lowest BCUT2D eigenvalue weighted by Crippen LogP contribution is -2.37. The molecular formula is C15H21NO3. The number of Topliss-reactive ketones (excluding diaryl/α,β-unsaturated/α-hetero) is 1. The zero-order valence-corrected chi connectivity index (χ0v) is 12.0. The summed E-state index contributed by atoms with van der Waals surface area (Å²) < 4.78 is 10.5. The van der Waals surface area contributed by atoms with E-state index < -0.39 is 0 Å². The Morgan fingerprint density at radius 3 is 2.42 bits per heavy atom. The van der Waals surface area contributed by atoms with Crippen molar-refractivity contribution in [1.29, 1.82) is 0 Å². The predicted octanol–water partition coefficient (Wildman–Crippen LogP) is 2.26. The minimum absolute atomic E-state index is 0.0652. The normalized spacial score (nSPS) is 18.6. The number of nitrogens with zero attached hydrogens (tertiary/aromatic N) is 1. The van der Waals surface area contributed by atoms with Crippen LogP contribution in [0.5, 0.6) is 11.5 Å². The Bertz CT molecular complexity index is 482. The average molecular weight is 263 g/mol. The summed E-state index contributed by atoms with van der Waals surface area (Å²) in [5.74, 6) is 1.76. The molecular weight excluding hydrogens is 242 g/mol. The highest BCUT2D eigenvalue weighted by Gasteiger charge is 2.37. The first-order chi connectivity index (χ1) is 8.96. The summed E-state index contributed by atoms with van der Waals surface area (Å²) in [6, 6.07) is 5.89. The van der Waals surface area contributed by atoms with Gasteiger partial charge in [0.25, 0.3) is 0 Å². The van der Waals surface area contributed by atoms with E-state index in [-0.39, 0.29) is 5.54 Å². The van der Waals surface area contributed by atoms with Gasteiger partial charge in [0.15, 0.2) is 11.5 Å². The molecule has 1 fully saturated rings. The molecule has 1 heterocycles. The summed E-state index contributed by atoms with van der Waals surface area (Å²) in [4.78, 5) is 13.8. The Balaban J connectivity index is 2.18. The van der Waals surface area contributed by atoms with Crippen LogP contribution in [0.1, 0.15) is 25.8 Å². The highest BCUT2D eigenvalue weighted by molar-refractivity contribution is 5.84. The second kappa shape index (κ2) is 5.21. The molecule has 2 rings (SSSR count). The molecule has 0 spiro atoms.